The Balaban J connectivity index is 2.04. The van der Waals surface area contributed by atoms with Crippen molar-refractivity contribution in [2.24, 2.45) is 7.05 Å². The van der Waals surface area contributed by atoms with Crippen LogP contribution in [0.2, 0.25) is 5.02 Å². The molecular formula is C16H12ClN3. The summed E-state index contributed by atoms with van der Waals surface area (Å²) in [4.78, 5) is 7.71. The Hall–Kier alpha value is -2.26. The van der Waals surface area contributed by atoms with Crippen molar-refractivity contribution >= 4 is 33.5 Å². The number of fused-ring (bicyclic) bond motifs is 2. The summed E-state index contributed by atoms with van der Waals surface area (Å²) in [5, 5.41) is 3.01. The molecule has 0 aliphatic heterocycles. The van der Waals surface area contributed by atoms with Gasteiger partial charge in [0.2, 0.25) is 0 Å². The molecule has 4 heteroatoms. The molecule has 0 radical (unpaired) electrons. The maximum Gasteiger partial charge on any atom is 0.137 e. The van der Waals surface area contributed by atoms with E-state index in [0.717, 1.165) is 38.2 Å². The van der Waals surface area contributed by atoms with Gasteiger partial charge in [-0.2, -0.15) is 0 Å². The van der Waals surface area contributed by atoms with Crippen LogP contribution in [0.3, 0.4) is 0 Å². The highest BCUT2D eigenvalue weighted by molar-refractivity contribution is 6.31. The number of aromatic amines is 1. The molecule has 0 amide bonds. The van der Waals surface area contributed by atoms with Gasteiger partial charge in [-0.05, 0) is 36.4 Å². The molecule has 0 saturated carbocycles. The van der Waals surface area contributed by atoms with Crippen molar-refractivity contribution in [3.05, 3.63) is 53.8 Å². The first-order chi connectivity index (χ1) is 9.72. The Morgan fingerprint density at radius 3 is 2.95 bits per heavy atom. The van der Waals surface area contributed by atoms with Crippen LogP contribution in [0.1, 0.15) is 0 Å². The third-order valence-electron chi connectivity index (χ3n) is 3.63. The summed E-state index contributed by atoms with van der Waals surface area (Å²) in [6, 6.07) is 12.1. The van der Waals surface area contributed by atoms with Gasteiger partial charge in [0.05, 0.1) is 0 Å². The lowest BCUT2D eigenvalue weighted by molar-refractivity contribution is 0.970. The van der Waals surface area contributed by atoms with Gasteiger partial charge < -0.3 is 9.55 Å². The number of hydrogen-bond acceptors (Lipinski definition) is 1. The van der Waals surface area contributed by atoms with Crippen molar-refractivity contribution < 1.29 is 0 Å². The fraction of sp³-hybridized carbons (Fsp3) is 0.0625. The average molecular weight is 282 g/mol. The molecule has 0 fully saturated rings. The molecule has 0 aliphatic carbocycles. The van der Waals surface area contributed by atoms with Crippen LogP contribution in [-0.4, -0.2) is 14.5 Å². The van der Waals surface area contributed by atoms with Crippen molar-refractivity contribution in [1.82, 2.24) is 14.5 Å². The van der Waals surface area contributed by atoms with Gasteiger partial charge in [-0.15, -0.1) is 0 Å². The van der Waals surface area contributed by atoms with Crippen LogP contribution >= 0.6 is 11.6 Å². The zero-order valence-corrected chi connectivity index (χ0v) is 11.6. The Kier molecular flexibility index (Phi) is 2.38. The second kappa shape index (κ2) is 4.12. The number of nitrogens with one attached hydrogen (secondary N) is 1. The molecule has 0 spiro atoms. The average Bonchev–Trinajstić information content (AvgIpc) is 3.00. The molecule has 3 nitrogen and oxygen atoms in total. The van der Waals surface area contributed by atoms with Gasteiger partial charge in [0, 0.05) is 52.0 Å². The van der Waals surface area contributed by atoms with Crippen molar-refractivity contribution in [2.45, 2.75) is 0 Å². The number of benzene rings is 1. The van der Waals surface area contributed by atoms with Gasteiger partial charge in [0.1, 0.15) is 5.65 Å². The number of aryl methyl sites for hydroxylation is 1. The maximum atomic E-state index is 6.13. The Labute approximate surface area is 120 Å². The topological polar surface area (TPSA) is 33.6 Å². The maximum absolute atomic E-state index is 6.13. The third-order valence-corrected chi connectivity index (χ3v) is 3.87. The van der Waals surface area contributed by atoms with E-state index < -0.39 is 0 Å². The lowest BCUT2D eigenvalue weighted by Gasteiger charge is -1.97. The first kappa shape index (κ1) is 11.6. The first-order valence-electron chi connectivity index (χ1n) is 6.41. The number of pyridine rings is 1. The number of hydrogen-bond donors (Lipinski definition) is 1. The monoisotopic (exact) mass is 281 g/mol. The van der Waals surface area contributed by atoms with E-state index in [-0.39, 0.29) is 0 Å². The molecule has 0 aliphatic rings. The van der Waals surface area contributed by atoms with Gasteiger partial charge in [-0.3, -0.25) is 0 Å². The Bertz CT molecular complexity index is 900. The van der Waals surface area contributed by atoms with Gasteiger partial charge in [-0.1, -0.05) is 11.6 Å². The number of H-pyrrole nitrogens is 1. The quantitative estimate of drug-likeness (QED) is 0.552. The molecule has 4 aromatic rings. The van der Waals surface area contributed by atoms with E-state index in [1.807, 2.05) is 31.3 Å². The normalized spacial score (nSPS) is 11.5. The van der Waals surface area contributed by atoms with Gasteiger partial charge >= 0.3 is 0 Å². The Morgan fingerprint density at radius 2 is 2.10 bits per heavy atom. The highest BCUT2D eigenvalue weighted by Crippen LogP contribution is 2.32. The standard InChI is InChI=1S/C16H12ClN3/c1-20-9-13(12-8-11(17)4-5-15(12)20)14-7-10-3-2-6-18-16(10)19-14/h2-9H,1H3,(H,18,19). The highest BCUT2D eigenvalue weighted by atomic mass is 35.5. The van der Waals surface area contributed by atoms with Gasteiger partial charge in [0.15, 0.2) is 0 Å². The van der Waals surface area contributed by atoms with Gasteiger partial charge in [0.25, 0.3) is 0 Å². The molecule has 3 aromatic heterocycles. The van der Waals surface area contributed by atoms with Crippen molar-refractivity contribution in [3.63, 3.8) is 0 Å². The van der Waals surface area contributed by atoms with E-state index in [2.05, 4.69) is 32.9 Å². The lowest BCUT2D eigenvalue weighted by atomic mass is 10.1. The zero-order valence-electron chi connectivity index (χ0n) is 10.9. The first-order valence-corrected chi connectivity index (χ1v) is 6.79. The summed E-state index contributed by atoms with van der Waals surface area (Å²) >= 11 is 6.13. The smallest absolute Gasteiger partial charge is 0.137 e. The molecule has 1 N–H and O–H groups in total. The largest absolute Gasteiger partial charge is 0.350 e. The fourth-order valence-electron chi connectivity index (χ4n) is 2.68. The van der Waals surface area contributed by atoms with Crippen LogP contribution in [0.4, 0.5) is 0 Å². The van der Waals surface area contributed by atoms with E-state index >= 15 is 0 Å². The summed E-state index contributed by atoms with van der Waals surface area (Å²) in [5.41, 5.74) is 4.27. The number of rotatable bonds is 1. The van der Waals surface area contributed by atoms with E-state index in [1.54, 1.807) is 6.20 Å². The molecule has 20 heavy (non-hydrogen) atoms. The minimum absolute atomic E-state index is 0.749. The molecule has 3 heterocycles. The summed E-state index contributed by atoms with van der Waals surface area (Å²) in [7, 11) is 2.04. The number of aromatic nitrogens is 3. The third kappa shape index (κ3) is 1.63. The van der Waals surface area contributed by atoms with Gasteiger partial charge in [-0.25, -0.2) is 4.98 Å². The van der Waals surface area contributed by atoms with Crippen LogP contribution in [0.5, 0.6) is 0 Å². The highest BCUT2D eigenvalue weighted by Gasteiger charge is 2.11. The SMILES string of the molecule is Cn1cc(-c2cc3cccnc3[nH]2)c2cc(Cl)ccc21. The van der Waals surface area contributed by atoms with Crippen molar-refractivity contribution in [1.29, 1.82) is 0 Å². The van der Waals surface area contributed by atoms with Crippen LogP contribution in [-0.2, 0) is 7.05 Å². The Morgan fingerprint density at radius 1 is 1.20 bits per heavy atom. The second-order valence-corrected chi connectivity index (χ2v) is 5.38. The summed E-state index contributed by atoms with van der Waals surface area (Å²) < 4.78 is 2.11. The lowest BCUT2D eigenvalue weighted by Crippen LogP contribution is -1.82. The molecular weight excluding hydrogens is 270 g/mol. The minimum Gasteiger partial charge on any atom is -0.350 e. The van der Waals surface area contributed by atoms with Crippen LogP contribution in [0, 0.1) is 0 Å². The summed E-state index contributed by atoms with van der Waals surface area (Å²) in [6.07, 6.45) is 3.91. The fourth-order valence-corrected chi connectivity index (χ4v) is 2.85. The molecule has 0 saturated heterocycles. The van der Waals surface area contributed by atoms with Crippen LogP contribution < -0.4 is 0 Å². The molecule has 1 aromatic carbocycles. The van der Waals surface area contributed by atoms with Crippen LogP contribution in [0.15, 0.2) is 48.8 Å². The van der Waals surface area contributed by atoms with E-state index in [1.165, 1.54) is 0 Å². The molecule has 0 unspecified atom stereocenters. The number of nitrogens with zero attached hydrogens (tertiary/aromatic N) is 2. The number of halogens is 1. The van der Waals surface area contributed by atoms with Crippen LogP contribution in [0.25, 0.3) is 33.2 Å². The van der Waals surface area contributed by atoms with E-state index in [4.69, 9.17) is 11.6 Å². The van der Waals surface area contributed by atoms with Crippen molar-refractivity contribution in [2.75, 3.05) is 0 Å². The van der Waals surface area contributed by atoms with E-state index in [9.17, 15) is 0 Å². The molecule has 98 valence electrons. The summed E-state index contributed by atoms with van der Waals surface area (Å²) in [5.74, 6) is 0. The molecule has 4 rings (SSSR count). The zero-order chi connectivity index (χ0) is 13.7. The molecule has 0 bridgehead atoms. The predicted octanol–water partition coefficient (Wildman–Crippen LogP) is 4.38. The molecule has 0 atom stereocenters. The van der Waals surface area contributed by atoms with E-state index in [0.29, 0.717) is 0 Å². The minimum atomic E-state index is 0.749. The predicted molar refractivity (Wildman–Crippen MR) is 83.0 cm³/mol. The van der Waals surface area contributed by atoms with Crippen molar-refractivity contribution in [3.8, 4) is 11.3 Å². The summed E-state index contributed by atoms with van der Waals surface area (Å²) in [6.45, 7) is 0. The second-order valence-electron chi connectivity index (χ2n) is 4.94.